The molecule has 0 aliphatic heterocycles. The first kappa shape index (κ1) is 9.07. The molecule has 1 rings (SSSR count). The van der Waals surface area contributed by atoms with Crippen LogP contribution in [-0.4, -0.2) is 12.1 Å². The average molecular weight is 164 g/mol. The van der Waals surface area contributed by atoms with E-state index in [2.05, 4.69) is 5.32 Å². The number of para-hydroxylation sites is 1. The minimum absolute atomic E-state index is 0.157. The Morgan fingerprint density at radius 3 is 2.33 bits per heavy atom. The van der Waals surface area contributed by atoms with Gasteiger partial charge in [0.2, 0.25) is 0 Å². The van der Waals surface area contributed by atoms with E-state index < -0.39 is 0 Å². The molecule has 0 aliphatic rings. The maximum absolute atomic E-state index is 5.82. The molecule has 0 saturated heterocycles. The van der Waals surface area contributed by atoms with Crippen LogP contribution in [0.3, 0.4) is 0 Å². The van der Waals surface area contributed by atoms with Gasteiger partial charge in [-0.1, -0.05) is 18.2 Å². The predicted molar refractivity (Wildman–Crippen MR) is 53.2 cm³/mol. The Labute approximate surface area is 73.8 Å². The van der Waals surface area contributed by atoms with Crippen molar-refractivity contribution in [1.82, 2.24) is 0 Å². The molecule has 0 saturated carbocycles. The van der Waals surface area contributed by atoms with Crippen molar-refractivity contribution in [1.29, 1.82) is 0 Å². The zero-order valence-corrected chi connectivity index (χ0v) is 7.67. The molecular weight excluding hydrogens is 148 g/mol. The first-order chi connectivity index (χ1) is 5.58. The molecule has 0 aromatic heterocycles. The molecule has 2 nitrogen and oxygen atoms in total. The molecule has 2 heteroatoms. The van der Waals surface area contributed by atoms with Crippen molar-refractivity contribution in [3.05, 3.63) is 30.3 Å². The number of rotatable bonds is 3. The van der Waals surface area contributed by atoms with Gasteiger partial charge in [0.15, 0.2) is 0 Å². The van der Waals surface area contributed by atoms with Crippen molar-refractivity contribution < 1.29 is 0 Å². The van der Waals surface area contributed by atoms with E-state index in [4.69, 9.17) is 5.73 Å². The van der Waals surface area contributed by atoms with E-state index in [-0.39, 0.29) is 5.54 Å². The predicted octanol–water partition coefficient (Wildman–Crippen LogP) is 1.84. The third-order valence-electron chi connectivity index (χ3n) is 1.52. The highest BCUT2D eigenvalue weighted by atomic mass is 14.9. The number of anilines is 1. The molecule has 12 heavy (non-hydrogen) atoms. The highest BCUT2D eigenvalue weighted by molar-refractivity contribution is 5.42. The molecule has 0 unspecified atom stereocenters. The summed E-state index contributed by atoms with van der Waals surface area (Å²) in [6, 6.07) is 10.1. The van der Waals surface area contributed by atoms with Gasteiger partial charge in [-0.05, 0) is 26.0 Å². The Kier molecular flexibility index (Phi) is 2.71. The fourth-order valence-corrected chi connectivity index (χ4v) is 0.886. The summed E-state index contributed by atoms with van der Waals surface area (Å²) in [5, 5.41) is 3.26. The summed E-state index contributed by atoms with van der Waals surface area (Å²) < 4.78 is 0. The lowest BCUT2D eigenvalue weighted by Crippen LogP contribution is -2.39. The van der Waals surface area contributed by atoms with Crippen LogP contribution in [0.1, 0.15) is 13.8 Å². The summed E-state index contributed by atoms with van der Waals surface area (Å²) in [4.78, 5) is 0. The van der Waals surface area contributed by atoms with Gasteiger partial charge in [0, 0.05) is 17.8 Å². The zero-order valence-electron chi connectivity index (χ0n) is 7.67. The largest absolute Gasteiger partial charge is 0.383 e. The summed E-state index contributed by atoms with van der Waals surface area (Å²) in [7, 11) is 0. The molecule has 0 heterocycles. The molecule has 66 valence electrons. The highest BCUT2D eigenvalue weighted by Crippen LogP contribution is 2.06. The van der Waals surface area contributed by atoms with Crippen LogP contribution in [0, 0.1) is 0 Å². The SMILES string of the molecule is CC(C)(N)CNc1ccccc1. The second-order valence-electron chi connectivity index (χ2n) is 3.71. The lowest BCUT2D eigenvalue weighted by molar-refractivity contribution is 0.549. The fourth-order valence-electron chi connectivity index (χ4n) is 0.886. The van der Waals surface area contributed by atoms with Crippen LogP contribution in [-0.2, 0) is 0 Å². The molecule has 0 aliphatic carbocycles. The van der Waals surface area contributed by atoms with Crippen LogP contribution in [0.4, 0.5) is 5.69 Å². The summed E-state index contributed by atoms with van der Waals surface area (Å²) in [5.41, 5.74) is 6.79. The Hall–Kier alpha value is -1.02. The van der Waals surface area contributed by atoms with Crippen LogP contribution in [0.5, 0.6) is 0 Å². The molecule has 0 atom stereocenters. The lowest BCUT2D eigenvalue weighted by atomic mass is 10.1. The van der Waals surface area contributed by atoms with Gasteiger partial charge in [-0.3, -0.25) is 0 Å². The average Bonchev–Trinajstić information content (AvgIpc) is 2.02. The van der Waals surface area contributed by atoms with Crippen molar-refractivity contribution >= 4 is 5.69 Å². The zero-order chi connectivity index (χ0) is 9.03. The molecular formula is C10H16N2. The maximum atomic E-state index is 5.82. The fraction of sp³-hybridized carbons (Fsp3) is 0.400. The van der Waals surface area contributed by atoms with Crippen LogP contribution in [0.15, 0.2) is 30.3 Å². The minimum atomic E-state index is -0.157. The third-order valence-corrected chi connectivity index (χ3v) is 1.52. The van der Waals surface area contributed by atoms with E-state index in [0.29, 0.717) is 0 Å². The number of nitrogens with two attached hydrogens (primary N) is 1. The van der Waals surface area contributed by atoms with Crippen molar-refractivity contribution in [3.8, 4) is 0 Å². The molecule has 0 amide bonds. The highest BCUT2D eigenvalue weighted by Gasteiger charge is 2.08. The summed E-state index contributed by atoms with van der Waals surface area (Å²) in [5.74, 6) is 0. The van der Waals surface area contributed by atoms with Gasteiger partial charge in [-0.2, -0.15) is 0 Å². The lowest BCUT2D eigenvalue weighted by Gasteiger charge is -2.19. The van der Waals surface area contributed by atoms with E-state index in [9.17, 15) is 0 Å². The topological polar surface area (TPSA) is 38.0 Å². The van der Waals surface area contributed by atoms with Gasteiger partial charge < -0.3 is 11.1 Å². The van der Waals surface area contributed by atoms with Gasteiger partial charge in [0.05, 0.1) is 0 Å². The van der Waals surface area contributed by atoms with Gasteiger partial charge in [0.25, 0.3) is 0 Å². The number of hydrogen-bond donors (Lipinski definition) is 2. The normalized spacial score (nSPS) is 11.2. The van der Waals surface area contributed by atoms with E-state index >= 15 is 0 Å². The van der Waals surface area contributed by atoms with E-state index in [1.54, 1.807) is 0 Å². The van der Waals surface area contributed by atoms with E-state index in [0.717, 1.165) is 12.2 Å². The smallest absolute Gasteiger partial charge is 0.0340 e. The minimum Gasteiger partial charge on any atom is -0.383 e. The van der Waals surface area contributed by atoms with Crippen molar-refractivity contribution in [2.24, 2.45) is 5.73 Å². The second kappa shape index (κ2) is 3.59. The van der Waals surface area contributed by atoms with Crippen molar-refractivity contribution in [3.63, 3.8) is 0 Å². The van der Waals surface area contributed by atoms with E-state index in [1.165, 1.54) is 0 Å². The molecule has 0 radical (unpaired) electrons. The van der Waals surface area contributed by atoms with Crippen molar-refractivity contribution in [2.75, 3.05) is 11.9 Å². The van der Waals surface area contributed by atoms with Gasteiger partial charge in [0.1, 0.15) is 0 Å². The molecule has 0 spiro atoms. The van der Waals surface area contributed by atoms with Gasteiger partial charge in [-0.15, -0.1) is 0 Å². The quantitative estimate of drug-likeness (QED) is 0.715. The second-order valence-corrected chi connectivity index (χ2v) is 3.71. The van der Waals surface area contributed by atoms with Crippen LogP contribution >= 0.6 is 0 Å². The van der Waals surface area contributed by atoms with Gasteiger partial charge in [-0.25, -0.2) is 0 Å². The maximum Gasteiger partial charge on any atom is 0.0340 e. The van der Waals surface area contributed by atoms with Crippen molar-refractivity contribution in [2.45, 2.75) is 19.4 Å². The Morgan fingerprint density at radius 2 is 1.83 bits per heavy atom. The van der Waals surface area contributed by atoms with Crippen LogP contribution < -0.4 is 11.1 Å². The summed E-state index contributed by atoms with van der Waals surface area (Å²) in [6.45, 7) is 4.79. The first-order valence-electron chi connectivity index (χ1n) is 4.16. The number of benzene rings is 1. The molecule has 3 N–H and O–H groups in total. The van der Waals surface area contributed by atoms with Crippen LogP contribution in [0.25, 0.3) is 0 Å². The van der Waals surface area contributed by atoms with Crippen LogP contribution in [0.2, 0.25) is 0 Å². The Bertz CT molecular complexity index is 223. The Balaban J connectivity index is 2.44. The third kappa shape index (κ3) is 3.39. The summed E-state index contributed by atoms with van der Waals surface area (Å²) in [6.07, 6.45) is 0. The number of hydrogen-bond acceptors (Lipinski definition) is 2. The molecule has 0 fully saturated rings. The monoisotopic (exact) mass is 164 g/mol. The Morgan fingerprint density at radius 1 is 1.25 bits per heavy atom. The number of nitrogens with one attached hydrogen (secondary N) is 1. The summed E-state index contributed by atoms with van der Waals surface area (Å²) >= 11 is 0. The van der Waals surface area contributed by atoms with E-state index in [1.807, 2.05) is 44.2 Å². The van der Waals surface area contributed by atoms with Gasteiger partial charge >= 0.3 is 0 Å². The molecule has 1 aromatic carbocycles. The first-order valence-corrected chi connectivity index (χ1v) is 4.16. The molecule has 1 aromatic rings. The molecule has 0 bridgehead atoms. The standard InChI is InChI=1S/C10H16N2/c1-10(2,11)8-12-9-6-4-3-5-7-9/h3-7,12H,8,11H2,1-2H3.